The molecule has 4 rings (SSSR count). The number of halogens is 2. The Labute approximate surface area is 263 Å². The van der Waals surface area contributed by atoms with Crippen molar-refractivity contribution in [2.75, 3.05) is 47.6 Å². The maximum absolute atomic E-state index is 15.8. The summed E-state index contributed by atoms with van der Waals surface area (Å²) in [7, 11) is 4.00. The third-order valence-electron chi connectivity index (χ3n) is 7.97. The molecule has 2 amide bonds. The van der Waals surface area contributed by atoms with E-state index in [9.17, 15) is 9.59 Å². The average Bonchev–Trinajstić information content (AvgIpc) is 3.08. The summed E-state index contributed by atoms with van der Waals surface area (Å²) >= 11 is 0. The number of carbonyl (C=O) groups is 2. The van der Waals surface area contributed by atoms with Crippen LogP contribution < -0.4 is 14.2 Å². The molecule has 1 saturated heterocycles. The molecule has 1 aliphatic heterocycles. The van der Waals surface area contributed by atoms with E-state index in [4.69, 9.17) is 18.9 Å². The number of alkyl halides is 2. The Hall–Kier alpha value is -4.41. The van der Waals surface area contributed by atoms with Crippen molar-refractivity contribution in [2.24, 2.45) is 0 Å². The molecule has 0 saturated carbocycles. The van der Waals surface area contributed by atoms with Crippen LogP contribution in [0.4, 0.5) is 13.6 Å². The van der Waals surface area contributed by atoms with Crippen molar-refractivity contribution in [3.63, 3.8) is 0 Å². The first-order valence-corrected chi connectivity index (χ1v) is 15.1. The third kappa shape index (κ3) is 8.61. The van der Waals surface area contributed by atoms with Gasteiger partial charge in [0.05, 0.1) is 27.4 Å². The molecule has 1 aliphatic rings. The molecule has 11 heteroatoms. The van der Waals surface area contributed by atoms with Crippen LogP contribution in [0.2, 0.25) is 0 Å². The van der Waals surface area contributed by atoms with Gasteiger partial charge >= 0.3 is 12.0 Å². The van der Waals surface area contributed by atoms with Crippen LogP contribution in [0.3, 0.4) is 0 Å². The van der Waals surface area contributed by atoms with Crippen LogP contribution in [0.15, 0.2) is 67.0 Å². The summed E-state index contributed by atoms with van der Waals surface area (Å²) in [4.78, 5) is 33.7. The lowest BCUT2D eigenvalue weighted by molar-refractivity contribution is -0.164. The summed E-state index contributed by atoms with van der Waals surface area (Å²) in [5, 5.41) is 0. The summed E-state index contributed by atoms with van der Waals surface area (Å²) in [5.74, 6) is -5.08. The van der Waals surface area contributed by atoms with Crippen molar-refractivity contribution in [3.8, 4) is 17.2 Å². The van der Waals surface area contributed by atoms with Gasteiger partial charge in [-0.3, -0.25) is 9.78 Å². The van der Waals surface area contributed by atoms with E-state index in [0.717, 1.165) is 41.0 Å². The molecule has 3 aromatic rings. The summed E-state index contributed by atoms with van der Waals surface area (Å²) in [6.07, 6.45) is 6.79. The molecule has 45 heavy (non-hydrogen) atoms. The molecule has 0 N–H and O–H groups in total. The van der Waals surface area contributed by atoms with E-state index < -0.39 is 29.5 Å². The average molecular weight is 626 g/mol. The topological polar surface area (TPSA) is 90.4 Å². The largest absolute Gasteiger partial charge is 0.493 e. The molecule has 0 spiro atoms. The summed E-state index contributed by atoms with van der Waals surface area (Å²) in [6, 6.07) is 15.2. The van der Waals surface area contributed by atoms with Crippen LogP contribution in [-0.4, -0.2) is 80.4 Å². The van der Waals surface area contributed by atoms with Gasteiger partial charge in [0.25, 0.3) is 5.91 Å². The quantitative estimate of drug-likeness (QED) is 0.221. The van der Waals surface area contributed by atoms with Crippen molar-refractivity contribution in [3.05, 3.63) is 83.7 Å². The Morgan fingerprint density at radius 3 is 2.29 bits per heavy atom. The number of pyridine rings is 1. The Kier molecular flexibility index (Phi) is 11.9. The first-order chi connectivity index (χ1) is 21.8. The molecular weight excluding hydrogens is 584 g/mol. The lowest BCUT2D eigenvalue weighted by Gasteiger charge is -2.37. The zero-order valence-electron chi connectivity index (χ0n) is 26.0. The second kappa shape index (κ2) is 16.1. The summed E-state index contributed by atoms with van der Waals surface area (Å²) in [5.41, 5.74) is 1.57. The lowest BCUT2D eigenvalue weighted by atomic mass is 9.99. The molecule has 9 nitrogen and oxygen atoms in total. The highest BCUT2D eigenvalue weighted by Gasteiger charge is 2.47. The number of rotatable bonds is 14. The van der Waals surface area contributed by atoms with Crippen LogP contribution in [0, 0.1) is 0 Å². The number of amides is 2. The van der Waals surface area contributed by atoms with Gasteiger partial charge in [-0.25, -0.2) is 4.79 Å². The predicted octanol–water partition coefficient (Wildman–Crippen LogP) is 5.89. The van der Waals surface area contributed by atoms with E-state index in [1.807, 2.05) is 42.5 Å². The number of likely N-dealkylation sites (tertiary alicyclic amines) is 1. The first kappa shape index (κ1) is 33.5. The number of carbonyl (C=O) groups excluding carboxylic acids is 2. The molecule has 1 aromatic heterocycles. The molecule has 2 heterocycles. The lowest BCUT2D eigenvalue weighted by Crippen LogP contribution is -2.52. The van der Waals surface area contributed by atoms with Crippen LogP contribution >= 0.6 is 0 Å². The number of ether oxygens (including phenoxy) is 4. The molecule has 242 valence electrons. The number of hydrogen-bond donors (Lipinski definition) is 0. The maximum Gasteiger partial charge on any atom is 0.409 e. The minimum Gasteiger partial charge on any atom is -0.493 e. The zero-order chi connectivity index (χ0) is 32.2. The monoisotopic (exact) mass is 625 g/mol. The maximum atomic E-state index is 15.8. The zero-order valence-corrected chi connectivity index (χ0v) is 26.0. The van der Waals surface area contributed by atoms with E-state index in [0.29, 0.717) is 38.8 Å². The van der Waals surface area contributed by atoms with E-state index in [1.165, 1.54) is 21.3 Å². The van der Waals surface area contributed by atoms with Crippen molar-refractivity contribution < 1.29 is 37.3 Å². The molecule has 0 bridgehead atoms. The van der Waals surface area contributed by atoms with Crippen LogP contribution in [0.1, 0.15) is 42.4 Å². The second-order valence-corrected chi connectivity index (χ2v) is 10.9. The van der Waals surface area contributed by atoms with E-state index in [1.54, 1.807) is 17.3 Å². The molecular formula is C34H41F2N3O6. The highest BCUT2D eigenvalue weighted by molar-refractivity contribution is 5.86. The summed E-state index contributed by atoms with van der Waals surface area (Å²) in [6.45, 7) is 0.833. The third-order valence-corrected chi connectivity index (χ3v) is 7.97. The molecule has 2 aromatic carbocycles. The van der Waals surface area contributed by atoms with Gasteiger partial charge < -0.3 is 28.7 Å². The van der Waals surface area contributed by atoms with Crippen molar-refractivity contribution in [2.45, 2.75) is 50.5 Å². The Morgan fingerprint density at radius 2 is 1.64 bits per heavy atom. The van der Waals surface area contributed by atoms with Crippen LogP contribution in [0.25, 0.3) is 0 Å². The smallest absolute Gasteiger partial charge is 0.409 e. The number of benzene rings is 2. The Morgan fingerprint density at radius 1 is 0.933 bits per heavy atom. The van der Waals surface area contributed by atoms with Crippen molar-refractivity contribution >= 4 is 12.0 Å². The van der Waals surface area contributed by atoms with Gasteiger partial charge in [0.2, 0.25) is 5.75 Å². The molecule has 1 fully saturated rings. The minimum atomic E-state index is -3.89. The molecule has 0 radical (unpaired) electrons. The number of piperidine rings is 1. The fourth-order valence-electron chi connectivity index (χ4n) is 5.49. The molecule has 0 aliphatic carbocycles. The van der Waals surface area contributed by atoms with Gasteiger partial charge in [-0.05, 0) is 67.9 Å². The minimum absolute atomic E-state index is 0.0163. The highest BCUT2D eigenvalue weighted by atomic mass is 19.3. The highest BCUT2D eigenvalue weighted by Crippen LogP contribution is 2.43. The van der Waals surface area contributed by atoms with E-state index in [2.05, 4.69) is 4.98 Å². The van der Waals surface area contributed by atoms with E-state index >= 15 is 8.78 Å². The van der Waals surface area contributed by atoms with Crippen LogP contribution in [0.5, 0.6) is 17.2 Å². The fraction of sp³-hybridized carbons (Fsp3) is 0.441. The number of aromatic nitrogens is 1. The van der Waals surface area contributed by atoms with Crippen LogP contribution in [-0.2, 0) is 28.3 Å². The van der Waals surface area contributed by atoms with Gasteiger partial charge in [-0.15, -0.1) is 0 Å². The number of nitrogens with zero attached hydrogens (tertiary/aromatic N) is 3. The Bertz CT molecular complexity index is 1370. The van der Waals surface area contributed by atoms with Gasteiger partial charge in [0, 0.05) is 37.6 Å². The normalized spacial score (nSPS) is 14.9. The fourth-order valence-corrected chi connectivity index (χ4v) is 5.49. The van der Waals surface area contributed by atoms with Crippen molar-refractivity contribution in [1.82, 2.24) is 14.8 Å². The Balaban J connectivity index is 1.44. The summed E-state index contributed by atoms with van der Waals surface area (Å²) < 4.78 is 53.0. The van der Waals surface area contributed by atoms with Gasteiger partial charge in [0.15, 0.2) is 11.5 Å². The van der Waals surface area contributed by atoms with E-state index in [-0.39, 0.29) is 30.4 Å². The van der Waals surface area contributed by atoms with Crippen molar-refractivity contribution in [1.29, 1.82) is 0 Å². The first-order valence-electron chi connectivity index (χ1n) is 15.1. The molecule has 1 atom stereocenters. The van der Waals surface area contributed by atoms with Gasteiger partial charge in [0.1, 0.15) is 6.61 Å². The predicted molar refractivity (Wildman–Crippen MR) is 165 cm³/mol. The standard InChI is InChI=1S/C34H41F2N3O6/c1-42-29-21-27(22-30(43-2)31(29)44-3)34(35,36)32(40)39-19-8-7-15-28(39)24-45-33(41)38(20-16-25-11-5-4-6-12-25)18-10-14-26-13-9-17-37-23-26/h4-6,9,11-13,17,21-23,28H,7-8,10,14-16,18-20,24H2,1-3H3. The number of aryl methyl sites for hydroxylation is 1. The SMILES string of the molecule is COc1cc(C(F)(F)C(=O)N2CCCCC2COC(=O)N(CCCc2cccnc2)CCc2ccccc2)cc(OC)c1OC. The number of hydrogen-bond acceptors (Lipinski definition) is 7. The number of methoxy groups -OCH3 is 3. The second-order valence-electron chi connectivity index (χ2n) is 10.9. The molecule has 1 unspecified atom stereocenters. The van der Waals surface area contributed by atoms with Gasteiger partial charge in [-0.1, -0.05) is 36.4 Å². The van der Waals surface area contributed by atoms with Gasteiger partial charge in [-0.2, -0.15) is 8.78 Å².